The standard InChI is InChI=1S/C20H27N3O7S/c1-4-31(29,30)20(28)16(9-12(2)3)23-18(25)15(10-17(21)24)22-11-13-7-5-6-8-14(13)19(26)27/h4-8,12,15-16,22H,1,9-11H2,2-3H3,(H2,21,24)(H,23,25)(H,26,27). The van der Waals surface area contributed by atoms with Crippen LogP contribution in [0.2, 0.25) is 0 Å². The average molecular weight is 454 g/mol. The molecule has 2 atom stereocenters. The molecular formula is C20H27N3O7S. The summed E-state index contributed by atoms with van der Waals surface area (Å²) in [5, 5.41) is 13.7. The summed E-state index contributed by atoms with van der Waals surface area (Å²) in [5.74, 6) is -2.92. The summed E-state index contributed by atoms with van der Waals surface area (Å²) in [7, 11) is -4.27. The highest BCUT2D eigenvalue weighted by Crippen LogP contribution is 2.12. The molecule has 0 radical (unpaired) electrons. The van der Waals surface area contributed by atoms with E-state index >= 15 is 0 Å². The van der Waals surface area contributed by atoms with E-state index in [2.05, 4.69) is 17.2 Å². The molecule has 0 aliphatic heterocycles. The molecule has 0 spiro atoms. The minimum absolute atomic E-state index is 0.0122. The van der Waals surface area contributed by atoms with Gasteiger partial charge in [0.2, 0.25) is 21.7 Å². The van der Waals surface area contributed by atoms with E-state index in [0.717, 1.165) is 0 Å². The van der Waals surface area contributed by atoms with E-state index in [1.807, 2.05) is 0 Å². The van der Waals surface area contributed by atoms with Crippen molar-refractivity contribution < 1.29 is 32.7 Å². The zero-order valence-electron chi connectivity index (χ0n) is 17.3. The molecule has 0 fully saturated rings. The van der Waals surface area contributed by atoms with Gasteiger partial charge in [0, 0.05) is 12.0 Å². The van der Waals surface area contributed by atoms with E-state index in [1.54, 1.807) is 26.0 Å². The topological polar surface area (TPSA) is 173 Å². The van der Waals surface area contributed by atoms with Crippen LogP contribution in [0.4, 0.5) is 0 Å². The lowest BCUT2D eigenvalue weighted by atomic mass is 10.0. The van der Waals surface area contributed by atoms with E-state index < -0.39 is 51.2 Å². The van der Waals surface area contributed by atoms with Crippen LogP contribution in [0.3, 0.4) is 0 Å². The van der Waals surface area contributed by atoms with E-state index in [0.29, 0.717) is 11.0 Å². The predicted octanol–water partition coefficient (Wildman–Crippen LogP) is 0.334. The number of hydrogen-bond donors (Lipinski definition) is 4. The van der Waals surface area contributed by atoms with Crippen LogP contribution in [0.5, 0.6) is 0 Å². The van der Waals surface area contributed by atoms with Gasteiger partial charge in [0.05, 0.1) is 18.0 Å². The minimum Gasteiger partial charge on any atom is -0.478 e. The summed E-state index contributed by atoms with van der Waals surface area (Å²) >= 11 is 0. The summed E-state index contributed by atoms with van der Waals surface area (Å²) in [6, 6.07) is 3.52. The number of rotatable bonds is 12. The Kier molecular flexibility index (Phi) is 9.53. The molecule has 5 N–H and O–H groups in total. The summed E-state index contributed by atoms with van der Waals surface area (Å²) < 4.78 is 23.8. The third-order valence-electron chi connectivity index (χ3n) is 4.32. The first kappa shape index (κ1) is 26.0. The zero-order chi connectivity index (χ0) is 23.8. The SMILES string of the molecule is C=CS(=O)(=O)C(=O)C(CC(C)C)NC(=O)C(CC(N)=O)NCc1ccccc1C(=O)O. The Bertz CT molecular complexity index is 957. The van der Waals surface area contributed by atoms with E-state index in [1.165, 1.54) is 12.1 Å². The Hall–Kier alpha value is -3.05. The summed E-state index contributed by atoms with van der Waals surface area (Å²) in [6.45, 7) is 6.52. The van der Waals surface area contributed by atoms with Gasteiger partial charge in [-0.05, 0) is 24.0 Å². The van der Waals surface area contributed by atoms with Crippen LogP contribution < -0.4 is 16.4 Å². The molecule has 0 aliphatic rings. The molecule has 0 aromatic heterocycles. The van der Waals surface area contributed by atoms with Gasteiger partial charge >= 0.3 is 5.97 Å². The molecule has 170 valence electrons. The summed E-state index contributed by atoms with van der Waals surface area (Å²) in [5.41, 5.74) is 5.59. The van der Waals surface area contributed by atoms with E-state index in [4.69, 9.17) is 5.73 Å². The van der Waals surface area contributed by atoms with Crippen molar-refractivity contribution in [3.8, 4) is 0 Å². The minimum atomic E-state index is -4.27. The largest absolute Gasteiger partial charge is 0.478 e. The first-order valence-corrected chi connectivity index (χ1v) is 11.0. The molecule has 1 aromatic carbocycles. The molecule has 0 saturated carbocycles. The van der Waals surface area contributed by atoms with Crippen molar-refractivity contribution in [3.63, 3.8) is 0 Å². The number of primary amides is 1. The molecule has 0 heterocycles. The van der Waals surface area contributed by atoms with Gasteiger partial charge in [0.25, 0.3) is 5.12 Å². The fourth-order valence-corrected chi connectivity index (χ4v) is 3.53. The number of carboxylic acids is 1. The van der Waals surface area contributed by atoms with Gasteiger partial charge in [0.1, 0.15) is 6.04 Å². The first-order valence-electron chi connectivity index (χ1n) is 9.43. The molecule has 11 heteroatoms. The molecule has 1 rings (SSSR count). The number of amides is 2. The normalized spacial score (nSPS) is 13.3. The smallest absolute Gasteiger partial charge is 0.336 e. The molecule has 1 aromatic rings. The van der Waals surface area contributed by atoms with Crippen molar-refractivity contribution in [3.05, 3.63) is 47.4 Å². The second-order valence-electron chi connectivity index (χ2n) is 7.29. The predicted molar refractivity (Wildman–Crippen MR) is 113 cm³/mol. The molecule has 0 bridgehead atoms. The van der Waals surface area contributed by atoms with Gasteiger partial charge in [-0.1, -0.05) is 38.6 Å². The van der Waals surface area contributed by atoms with Crippen LogP contribution >= 0.6 is 0 Å². The molecular weight excluding hydrogens is 426 g/mol. The Balaban J connectivity index is 3.07. The third kappa shape index (κ3) is 7.95. The summed E-state index contributed by atoms with van der Waals surface area (Å²) in [6.07, 6.45) is -0.402. The Morgan fingerprint density at radius 3 is 2.29 bits per heavy atom. The van der Waals surface area contributed by atoms with E-state index in [9.17, 15) is 32.7 Å². The Labute approximate surface area is 180 Å². The average Bonchev–Trinajstić information content (AvgIpc) is 2.69. The molecule has 2 unspecified atom stereocenters. The zero-order valence-corrected chi connectivity index (χ0v) is 18.1. The van der Waals surface area contributed by atoms with Crippen molar-refractivity contribution in [1.29, 1.82) is 0 Å². The van der Waals surface area contributed by atoms with Crippen LogP contribution in [-0.2, 0) is 30.8 Å². The highest BCUT2D eigenvalue weighted by Gasteiger charge is 2.32. The quantitative estimate of drug-likeness (QED) is 0.350. The molecule has 2 amide bonds. The lowest BCUT2D eigenvalue weighted by Crippen LogP contribution is -2.52. The van der Waals surface area contributed by atoms with Gasteiger partial charge in [-0.3, -0.25) is 14.4 Å². The fourth-order valence-electron chi connectivity index (χ4n) is 2.81. The third-order valence-corrected chi connectivity index (χ3v) is 5.60. The Morgan fingerprint density at radius 1 is 1.16 bits per heavy atom. The van der Waals surface area contributed by atoms with Crippen molar-refractivity contribution in [2.24, 2.45) is 11.7 Å². The number of carboxylic acid groups (broad SMARTS) is 1. The summed E-state index contributed by atoms with van der Waals surface area (Å²) in [4.78, 5) is 47.9. The lowest BCUT2D eigenvalue weighted by molar-refractivity contribution is -0.129. The van der Waals surface area contributed by atoms with Gasteiger partial charge in [-0.25, -0.2) is 13.2 Å². The number of hydrogen-bond acceptors (Lipinski definition) is 7. The monoisotopic (exact) mass is 453 g/mol. The van der Waals surface area contributed by atoms with Gasteiger partial charge in [-0.2, -0.15) is 0 Å². The molecule has 10 nitrogen and oxygen atoms in total. The maximum absolute atomic E-state index is 12.8. The van der Waals surface area contributed by atoms with Crippen molar-refractivity contribution in [2.75, 3.05) is 0 Å². The van der Waals surface area contributed by atoms with Crippen LogP contribution in [0.1, 0.15) is 42.6 Å². The maximum Gasteiger partial charge on any atom is 0.336 e. The van der Waals surface area contributed by atoms with Gasteiger partial charge in [-0.15, -0.1) is 0 Å². The molecule has 0 saturated heterocycles. The second-order valence-corrected chi connectivity index (χ2v) is 9.11. The highest BCUT2D eigenvalue weighted by atomic mass is 32.2. The molecule has 0 aliphatic carbocycles. The number of benzene rings is 1. The van der Waals surface area contributed by atoms with Gasteiger partial charge < -0.3 is 21.5 Å². The Morgan fingerprint density at radius 2 is 1.77 bits per heavy atom. The lowest BCUT2D eigenvalue weighted by Gasteiger charge is -2.23. The van der Waals surface area contributed by atoms with Crippen LogP contribution in [-0.4, -0.2) is 48.5 Å². The number of nitrogens with two attached hydrogens (primary N) is 1. The maximum atomic E-state index is 12.8. The number of sulfone groups is 1. The van der Waals surface area contributed by atoms with Crippen molar-refractivity contribution >= 4 is 32.7 Å². The van der Waals surface area contributed by atoms with Crippen molar-refractivity contribution in [2.45, 2.75) is 45.3 Å². The number of nitrogens with one attached hydrogen (secondary N) is 2. The first-order chi connectivity index (χ1) is 14.4. The van der Waals surface area contributed by atoms with Crippen LogP contribution in [0.15, 0.2) is 36.3 Å². The highest BCUT2D eigenvalue weighted by molar-refractivity contribution is 8.08. The number of aromatic carboxylic acids is 1. The number of carbonyl (C=O) groups is 4. The van der Waals surface area contributed by atoms with E-state index in [-0.39, 0.29) is 24.4 Å². The number of carbonyl (C=O) groups excluding carboxylic acids is 3. The van der Waals surface area contributed by atoms with Gasteiger partial charge in [0.15, 0.2) is 0 Å². The molecule has 31 heavy (non-hydrogen) atoms. The van der Waals surface area contributed by atoms with Crippen LogP contribution in [0, 0.1) is 5.92 Å². The fraction of sp³-hybridized carbons (Fsp3) is 0.400. The van der Waals surface area contributed by atoms with Crippen LogP contribution in [0.25, 0.3) is 0 Å². The second kappa shape index (κ2) is 11.4. The van der Waals surface area contributed by atoms with Crippen molar-refractivity contribution in [1.82, 2.24) is 10.6 Å².